The highest BCUT2D eigenvalue weighted by Gasteiger charge is 2.19. The van der Waals surface area contributed by atoms with Gasteiger partial charge >= 0.3 is 0 Å². The average Bonchev–Trinajstić information content (AvgIpc) is 2.81. The molecule has 86 valence electrons. The van der Waals surface area contributed by atoms with Crippen molar-refractivity contribution in [2.24, 2.45) is 0 Å². The van der Waals surface area contributed by atoms with Gasteiger partial charge in [0.1, 0.15) is 5.82 Å². The van der Waals surface area contributed by atoms with Crippen molar-refractivity contribution in [3.8, 4) is 0 Å². The molecule has 2 rings (SSSR count). The van der Waals surface area contributed by atoms with Gasteiger partial charge in [0.05, 0.1) is 5.56 Å². The van der Waals surface area contributed by atoms with Gasteiger partial charge in [0, 0.05) is 25.8 Å². The summed E-state index contributed by atoms with van der Waals surface area (Å²) in [6.07, 6.45) is 2.26. The number of rotatable bonds is 2. The number of nitrogens with one attached hydrogen (secondary N) is 1. The Morgan fingerprint density at radius 1 is 1.38 bits per heavy atom. The van der Waals surface area contributed by atoms with Crippen LogP contribution in [0.2, 0.25) is 0 Å². The maximum Gasteiger partial charge on any atom is 0.253 e. The minimum atomic E-state index is -0.374. The van der Waals surface area contributed by atoms with Crippen LogP contribution in [0.15, 0.2) is 18.2 Å². The Bertz CT molecular complexity index is 400. The van der Waals surface area contributed by atoms with Crippen LogP contribution in [-0.2, 0) is 0 Å². The number of benzene rings is 1. The van der Waals surface area contributed by atoms with Crippen molar-refractivity contribution in [3.63, 3.8) is 0 Å². The molecular formula is C12H15FN2O. The van der Waals surface area contributed by atoms with E-state index in [1.165, 1.54) is 12.1 Å². The van der Waals surface area contributed by atoms with Crippen LogP contribution in [-0.4, -0.2) is 26.0 Å². The van der Waals surface area contributed by atoms with Gasteiger partial charge in [-0.15, -0.1) is 0 Å². The fraction of sp³-hybridized carbons (Fsp3) is 0.417. The van der Waals surface area contributed by atoms with E-state index in [9.17, 15) is 9.18 Å². The molecule has 1 fully saturated rings. The Morgan fingerprint density at radius 2 is 2.06 bits per heavy atom. The summed E-state index contributed by atoms with van der Waals surface area (Å²) in [5, 5.41) is 2.54. The van der Waals surface area contributed by atoms with Crippen LogP contribution in [0, 0.1) is 5.82 Å². The highest BCUT2D eigenvalue weighted by molar-refractivity contribution is 5.99. The molecule has 0 unspecified atom stereocenters. The molecule has 1 aromatic rings. The molecule has 0 atom stereocenters. The van der Waals surface area contributed by atoms with E-state index in [1.54, 1.807) is 13.1 Å². The Labute approximate surface area is 94.3 Å². The van der Waals surface area contributed by atoms with Crippen LogP contribution in [0.4, 0.5) is 10.1 Å². The second kappa shape index (κ2) is 4.51. The Hall–Kier alpha value is -1.58. The van der Waals surface area contributed by atoms with E-state index < -0.39 is 0 Å². The zero-order chi connectivity index (χ0) is 11.5. The fourth-order valence-electron chi connectivity index (χ4n) is 2.06. The molecule has 4 heteroatoms. The Morgan fingerprint density at radius 3 is 2.69 bits per heavy atom. The second-order valence-electron chi connectivity index (χ2n) is 3.93. The molecular weight excluding hydrogens is 207 g/mol. The normalized spacial score (nSPS) is 15.2. The molecule has 0 saturated carbocycles. The fourth-order valence-corrected chi connectivity index (χ4v) is 2.06. The molecule has 1 saturated heterocycles. The summed E-state index contributed by atoms with van der Waals surface area (Å²) in [6, 6.07) is 4.39. The summed E-state index contributed by atoms with van der Waals surface area (Å²) < 4.78 is 13.1. The third-order valence-corrected chi connectivity index (χ3v) is 2.88. The molecule has 0 radical (unpaired) electrons. The first-order valence-electron chi connectivity index (χ1n) is 5.49. The predicted molar refractivity (Wildman–Crippen MR) is 61.2 cm³/mol. The maximum atomic E-state index is 13.1. The van der Waals surface area contributed by atoms with Crippen molar-refractivity contribution >= 4 is 11.6 Å². The highest BCUT2D eigenvalue weighted by atomic mass is 19.1. The number of carbonyl (C=O) groups excluding carboxylic acids is 1. The van der Waals surface area contributed by atoms with Crippen molar-refractivity contribution in [1.82, 2.24) is 5.32 Å². The van der Waals surface area contributed by atoms with Crippen molar-refractivity contribution in [1.29, 1.82) is 0 Å². The largest absolute Gasteiger partial charge is 0.371 e. The van der Waals surface area contributed by atoms with Crippen LogP contribution in [0.1, 0.15) is 23.2 Å². The molecule has 0 aliphatic carbocycles. The maximum absolute atomic E-state index is 13.1. The summed E-state index contributed by atoms with van der Waals surface area (Å²) in [7, 11) is 1.56. The molecule has 1 aliphatic rings. The Balaban J connectivity index is 2.38. The van der Waals surface area contributed by atoms with Crippen molar-refractivity contribution in [2.45, 2.75) is 12.8 Å². The molecule has 0 aromatic heterocycles. The monoisotopic (exact) mass is 222 g/mol. The third kappa shape index (κ3) is 2.01. The van der Waals surface area contributed by atoms with Gasteiger partial charge in [0.25, 0.3) is 5.91 Å². The standard InChI is InChI=1S/C12H15FN2O/c1-14-12(16)10-8-9(13)4-5-11(10)15-6-2-3-7-15/h4-5,8H,2-3,6-7H2,1H3,(H,14,16). The number of hydrogen-bond donors (Lipinski definition) is 1. The van der Waals surface area contributed by atoms with E-state index in [-0.39, 0.29) is 11.7 Å². The minimum Gasteiger partial charge on any atom is -0.371 e. The highest BCUT2D eigenvalue weighted by Crippen LogP contribution is 2.25. The number of amides is 1. The first-order valence-corrected chi connectivity index (χ1v) is 5.49. The molecule has 1 amide bonds. The van der Waals surface area contributed by atoms with E-state index in [2.05, 4.69) is 10.2 Å². The number of hydrogen-bond acceptors (Lipinski definition) is 2. The molecule has 1 aliphatic heterocycles. The summed E-state index contributed by atoms with van der Waals surface area (Å²) in [6.45, 7) is 1.88. The van der Waals surface area contributed by atoms with E-state index in [0.29, 0.717) is 5.56 Å². The number of halogens is 1. The van der Waals surface area contributed by atoms with Crippen molar-refractivity contribution in [3.05, 3.63) is 29.6 Å². The summed E-state index contributed by atoms with van der Waals surface area (Å²) in [4.78, 5) is 13.8. The second-order valence-corrected chi connectivity index (χ2v) is 3.93. The van der Waals surface area contributed by atoms with Gasteiger partial charge in [-0.2, -0.15) is 0 Å². The van der Waals surface area contributed by atoms with Crippen LogP contribution < -0.4 is 10.2 Å². The molecule has 0 bridgehead atoms. The number of nitrogens with zero attached hydrogens (tertiary/aromatic N) is 1. The van der Waals surface area contributed by atoms with Gasteiger partial charge < -0.3 is 10.2 Å². The van der Waals surface area contributed by atoms with Gasteiger partial charge in [-0.05, 0) is 31.0 Å². The first kappa shape index (κ1) is 10.9. The SMILES string of the molecule is CNC(=O)c1cc(F)ccc1N1CCCC1. The smallest absolute Gasteiger partial charge is 0.253 e. The topological polar surface area (TPSA) is 32.3 Å². The van der Waals surface area contributed by atoms with Crippen LogP contribution in [0.3, 0.4) is 0 Å². The molecule has 0 spiro atoms. The molecule has 1 heterocycles. The van der Waals surface area contributed by atoms with E-state index >= 15 is 0 Å². The lowest BCUT2D eigenvalue weighted by Crippen LogP contribution is -2.25. The van der Waals surface area contributed by atoms with Gasteiger partial charge in [-0.3, -0.25) is 4.79 Å². The van der Waals surface area contributed by atoms with Crippen molar-refractivity contribution in [2.75, 3.05) is 25.0 Å². The number of carbonyl (C=O) groups is 1. The third-order valence-electron chi connectivity index (χ3n) is 2.88. The Kier molecular flexibility index (Phi) is 3.08. The summed E-state index contributed by atoms with van der Waals surface area (Å²) in [5.74, 6) is -0.608. The van der Waals surface area contributed by atoms with Gasteiger partial charge in [0.15, 0.2) is 0 Å². The average molecular weight is 222 g/mol. The van der Waals surface area contributed by atoms with Crippen LogP contribution in [0.5, 0.6) is 0 Å². The lowest BCUT2D eigenvalue weighted by Gasteiger charge is -2.20. The zero-order valence-electron chi connectivity index (χ0n) is 9.29. The number of anilines is 1. The van der Waals surface area contributed by atoms with E-state index in [1.807, 2.05) is 0 Å². The summed E-state index contributed by atoms with van der Waals surface area (Å²) in [5.41, 5.74) is 1.25. The molecule has 16 heavy (non-hydrogen) atoms. The lowest BCUT2D eigenvalue weighted by atomic mass is 10.1. The summed E-state index contributed by atoms with van der Waals surface area (Å²) >= 11 is 0. The minimum absolute atomic E-state index is 0.235. The first-order chi connectivity index (χ1) is 7.72. The van der Waals surface area contributed by atoms with Gasteiger partial charge in [0.2, 0.25) is 0 Å². The van der Waals surface area contributed by atoms with E-state index in [4.69, 9.17) is 0 Å². The van der Waals surface area contributed by atoms with Gasteiger partial charge in [-0.25, -0.2) is 4.39 Å². The lowest BCUT2D eigenvalue weighted by molar-refractivity contribution is 0.0963. The van der Waals surface area contributed by atoms with Crippen LogP contribution >= 0.6 is 0 Å². The quantitative estimate of drug-likeness (QED) is 0.827. The van der Waals surface area contributed by atoms with Crippen LogP contribution in [0.25, 0.3) is 0 Å². The van der Waals surface area contributed by atoms with Crippen molar-refractivity contribution < 1.29 is 9.18 Å². The molecule has 1 N–H and O–H groups in total. The molecule has 1 aromatic carbocycles. The predicted octanol–water partition coefficient (Wildman–Crippen LogP) is 1.79. The van der Waals surface area contributed by atoms with E-state index in [0.717, 1.165) is 31.6 Å². The zero-order valence-corrected chi connectivity index (χ0v) is 9.29. The van der Waals surface area contributed by atoms with Gasteiger partial charge in [-0.1, -0.05) is 0 Å². The molecule has 3 nitrogen and oxygen atoms in total.